The fourth-order valence-electron chi connectivity index (χ4n) is 3.69. The van der Waals surface area contributed by atoms with Gasteiger partial charge >= 0.3 is 0 Å². The second-order valence-corrected chi connectivity index (χ2v) is 8.22. The van der Waals surface area contributed by atoms with E-state index in [-0.39, 0.29) is 29.5 Å². The van der Waals surface area contributed by atoms with Gasteiger partial charge in [0.15, 0.2) is 17.1 Å². The Kier molecular flexibility index (Phi) is 5.24. The van der Waals surface area contributed by atoms with E-state index in [2.05, 4.69) is 37.2 Å². The van der Waals surface area contributed by atoms with Gasteiger partial charge in [0.1, 0.15) is 6.26 Å². The molecule has 1 atom stereocenters. The molecular weight excluding hydrogens is 438 g/mol. The number of nitrogens with one attached hydrogen (secondary N) is 1. The third-order valence-electron chi connectivity index (χ3n) is 5.52. The zero-order valence-electron chi connectivity index (χ0n) is 18.1. The van der Waals surface area contributed by atoms with Crippen molar-refractivity contribution in [2.45, 2.75) is 37.5 Å². The number of rotatable bonds is 4. The monoisotopic (exact) mass is 459 g/mol. The van der Waals surface area contributed by atoms with Crippen molar-refractivity contribution in [2.75, 3.05) is 5.73 Å². The van der Waals surface area contributed by atoms with E-state index in [1.54, 1.807) is 24.3 Å². The van der Waals surface area contributed by atoms with Crippen LogP contribution in [0.4, 0.5) is 5.95 Å². The van der Waals surface area contributed by atoms with E-state index in [9.17, 15) is 15.0 Å². The predicted molar refractivity (Wildman–Crippen MR) is 121 cm³/mol. The van der Waals surface area contributed by atoms with Gasteiger partial charge in [-0.1, -0.05) is 11.8 Å². The molecule has 0 aliphatic heterocycles. The summed E-state index contributed by atoms with van der Waals surface area (Å²) in [6.07, 6.45) is 4.92. The van der Waals surface area contributed by atoms with Crippen LogP contribution in [-0.4, -0.2) is 53.0 Å². The van der Waals surface area contributed by atoms with Crippen LogP contribution < -0.4 is 11.1 Å². The molecule has 0 spiro atoms. The normalized spacial score (nSPS) is 19.0. The van der Waals surface area contributed by atoms with Crippen molar-refractivity contribution >= 4 is 22.8 Å². The lowest BCUT2D eigenvalue weighted by molar-refractivity contribution is 0.0561. The van der Waals surface area contributed by atoms with Crippen molar-refractivity contribution in [1.82, 2.24) is 30.0 Å². The van der Waals surface area contributed by atoms with Gasteiger partial charge in [-0.05, 0) is 38.0 Å². The molecule has 5 N–H and O–H groups in total. The highest BCUT2D eigenvalue weighted by molar-refractivity contribution is 6.05. The van der Waals surface area contributed by atoms with Gasteiger partial charge < -0.3 is 25.7 Å². The second-order valence-electron chi connectivity index (χ2n) is 8.22. The Morgan fingerprint density at radius 3 is 2.82 bits per heavy atom. The van der Waals surface area contributed by atoms with Gasteiger partial charge in [0.25, 0.3) is 5.91 Å². The lowest BCUT2D eigenvalue weighted by atomic mass is 9.89. The molecule has 0 saturated heterocycles. The smallest absolute Gasteiger partial charge is 0.272 e. The van der Waals surface area contributed by atoms with Crippen LogP contribution in [0.2, 0.25) is 0 Å². The zero-order valence-corrected chi connectivity index (χ0v) is 18.1. The van der Waals surface area contributed by atoms with Crippen molar-refractivity contribution in [2.24, 2.45) is 0 Å². The second kappa shape index (κ2) is 8.26. The van der Waals surface area contributed by atoms with Crippen molar-refractivity contribution in [1.29, 1.82) is 0 Å². The van der Waals surface area contributed by atoms with Crippen LogP contribution in [0, 0.1) is 11.8 Å². The maximum atomic E-state index is 12.9. The van der Waals surface area contributed by atoms with Crippen LogP contribution >= 0.6 is 0 Å². The topological polar surface area (TPSA) is 165 Å². The number of carbonyl (C=O) groups excluding carboxylic acids is 1. The molecule has 1 unspecified atom stereocenters. The van der Waals surface area contributed by atoms with E-state index in [1.165, 1.54) is 30.3 Å². The maximum Gasteiger partial charge on any atom is 0.272 e. The molecule has 5 rings (SSSR count). The molecule has 11 nitrogen and oxygen atoms in total. The number of fused-ring (bicyclic) bond motifs is 1. The Labute approximate surface area is 193 Å². The Hall–Kier alpha value is -4.27. The number of oxazole rings is 1. The van der Waals surface area contributed by atoms with Crippen molar-refractivity contribution in [3.8, 4) is 17.7 Å². The molecule has 1 saturated carbocycles. The highest BCUT2D eigenvalue weighted by Crippen LogP contribution is 2.25. The van der Waals surface area contributed by atoms with E-state index >= 15 is 0 Å². The number of nitrogens with zero attached hydrogens (tertiary/aromatic N) is 5. The third-order valence-corrected chi connectivity index (χ3v) is 5.52. The quantitative estimate of drug-likeness (QED) is 0.324. The number of aliphatic hydroxyl groups excluding tert-OH is 1. The first kappa shape index (κ1) is 21.6. The molecule has 1 aromatic carbocycles. The average molecular weight is 459 g/mol. The summed E-state index contributed by atoms with van der Waals surface area (Å²) in [5.41, 5.74) is 5.51. The molecule has 172 valence electrons. The van der Waals surface area contributed by atoms with E-state index in [4.69, 9.17) is 10.2 Å². The summed E-state index contributed by atoms with van der Waals surface area (Å²) < 4.78 is 6.66. The summed E-state index contributed by atoms with van der Waals surface area (Å²) in [5.74, 6) is 5.86. The minimum absolute atomic E-state index is 0.0635. The van der Waals surface area contributed by atoms with Gasteiger partial charge in [0.2, 0.25) is 11.8 Å². The van der Waals surface area contributed by atoms with Crippen molar-refractivity contribution in [3.05, 3.63) is 60.1 Å². The molecule has 1 aliphatic carbocycles. The predicted octanol–water partition coefficient (Wildman–Crippen LogP) is 0.898. The molecule has 3 heterocycles. The lowest BCUT2D eigenvalue weighted by Gasteiger charge is -2.31. The number of benzene rings is 1. The zero-order chi connectivity index (χ0) is 23.9. The SMILES string of the molecule is CC(O)(C#Cc1ccc2c(C(=O)NC3CC(O)C3)nn(-c3ccnc(N)n3)c2c1)c1ncco1. The standard InChI is InChI=1S/C23H21N7O4/c1-23(33,21-25-8-9-34-21)6-4-13-2-3-16-17(10-13)30(18-5-7-26-22(24)28-18)29-19(16)20(32)27-14-11-15(31)12-14/h2-3,5,7-10,14-15,31,33H,11-12H2,1H3,(H,27,32)(H2,24,26,28). The summed E-state index contributed by atoms with van der Waals surface area (Å²) in [5, 5.41) is 28.1. The molecule has 1 fully saturated rings. The van der Waals surface area contributed by atoms with Crippen molar-refractivity contribution in [3.63, 3.8) is 0 Å². The van der Waals surface area contributed by atoms with Crippen LogP contribution in [-0.2, 0) is 5.60 Å². The molecular formula is C23H21N7O4. The van der Waals surface area contributed by atoms with Gasteiger partial charge in [-0.25, -0.2) is 14.6 Å². The van der Waals surface area contributed by atoms with Gasteiger partial charge in [0.05, 0.1) is 17.8 Å². The number of hydrogen-bond donors (Lipinski definition) is 4. The highest BCUT2D eigenvalue weighted by atomic mass is 16.4. The summed E-state index contributed by atoms with van der Waals surface area (Å²) in [7, 11) is 0. The molecule has 4 aromatic rings. The Morgan fingerprint density at radius 2 is 2.12 bits per heavy atom. The third kappa shape index (κ3) is 4.07. The number of nitrogens with two attached hydrogens (primary N) is 1. The van der Waals surface area contributed by atoms with Crippen LogP contribution in [0.1, 0.15) is 41.7 Å². The van der Waals surface area contributed by atoms with E-state index in [0.29, 0.717) is 35.1 Å². The summed E-state index contributed by atoms with van der Waals surface area (Å²) in [6.45, 7) is 1.48. The average Bonchev–Trinajstić information content (AvgIpc) is 3.45. The highest BCUT2D eigenvalue weighted by Gasteiger charge is 2.30. The van der Waals surface area contributed by atoms with Crippen LogP contribution in [0.5, 0.6) is 0 Å². The number of hydrogen-bond acceptors (Lipinski definition) is 9. The molecule has 3 aromatic heterocycles. The van der Waals surface area contributed by atoms with Crippen LogP contribution in [0.25, 0.3) is 16.7 Å². The lowest BCUT2D eigenvalue weighted by Crippen LogP contribution is -2.46. The molecule has 1 aliphatic rings. The number of anilines is 1. The Bertz CT molecular complexity index is 1430. The molecule has 11 heteroatoms. The van der Waals surface area contributed by atoms with E-state index in [1.807, 2.05) is 0 Å². The number of aliphatic hydroxyl groups is 2. The fraction of sp³-hybridized carbons (Fsp3) is 0.261. The molecule has 0 bridgehead atoms. The first-order valence-electron chi connectivity index (χ1n) is 10.6. The number of nitrogen functional groups attached to an aromatic ring is 1. The van der Waals surface area contributed by atoms with Gasteiger partial charge in [0, 0.05) is 29.3 Å². The Balaban J connectivity index is 1.56. The number of carbonyl (C=O) groups is 1. The summed E-state index contributed by atoms with van der Waals surface area (Å²) in [4.78, 5) is 25.0. The first-order valence-corrected chi connectivity index (χ1v) is 10.6. The number of aromatic nitrogens is 5. The number of amides is 1. The minimum atomic E-state index is -1.59. The molecule has 1 amide bonds. The minimum Gasteiger partial charge on any atom is -0.445 e. The fourth-order valence-corrected chi connectivity index (χ4v) is 3.69. The first-order chi connectivity index (χ1) is 16.3. The molecule has 34 heavy (non-hydrogen) atoms. The van der Waals surface area contributed by atoms with Crippen molar-refractivity contribution < 1.29 is 19.4 Å². The maximum absolute atomic E-state index is 12.9. The van der Waals surface area contributed by atoms with Gasteiger partial charge in [-0.15, -0.1) is 0 Å². The van der Waals surface area contributed by atoms with Gasteiger partial charge in [-0.3, -0.25) is 4.79 Å². The summed E-state index contributed by atoms with van der Waals surface area (Å²) in [6, 6.07) is 6.73. The van der Waals surface area contributed by atoms with E-state index in [0.717, 1.165) is 0 Å². The van der Waals surface area contributed by atoms with Crippen LogP contribution in [0.15, 0.2) is 47.3 Å². The largest absolute Gasteiger partial charge is 0.445 e. The van der Waals surface area contributed by atoms with Crippen LogP contribution in [0.3, 0.4) is 0 Å². The summed E-state index contributed by atoms with van der Waals surface area (Å²) >= 11 is 0. The van der Waals surface area contributed by atoms with E-state index < -0.39 is 11.7 Å². The molecule has 0 radical (unpaired) electrons. The Morgan fingerprint density at radius 1 is 1.29 bits per heavy atom. The van der Waals surface area contributed by atoms with Gasteiger partial charge in [-0.2, -0.15) is 10.1 Å².